The molecule has 0 radical (unpaired) electrons. The number of primary sulfonamides is 1. The van der Waals surface area contributed by atoms with Gasteiger partial charge in [0.15, 0.2) is 0 Å². The molecule has 1 aliphatic rings. The molecule has 1 heterocycles. The number of fused-ring (bicyclic) bond motifs is 1. The minimum Gasteiger partial charge on any atom is -0.387 e. The first kappa shape index (κ1) is 12.0. The summed E-state index contributed by atoms with van der Waals surface area (Å²) in [5.41, 5.74) is 1.97. The topological polar surface area (TPSA) is 72.2 Å². The first-order valence-corrected chi connectivity index (χ1v) is 5.68. The van der Waals surface area contributed by atoms with Crippen molar-refractivity contribution < 1.29 is 8.42 Å². The van der Waals surface area contributed by atoms with Crippen LogP contribution in [0.4, 0.5) is 0 Å². The van der Waals surface area contributed by atoms with Gasteiger partial charge in [0.1, 0.15) is 0 Å². The van der Waals surface area contributed by atoms with Crippen molar-refractivity contribution in [2.75, 3.05) is 0 Å². The lowest BCUT2D eigenvalue weighted by molar-refractivity contribution is 0.597. The van der Waals surface area contributed by atoms with Crippen molar-refractivity contribution in [1.29, 1.82) is 0 Å². The van der Waals surface area contributed by atoms with E-state index in [2.05, 4.69) is 5.32 Å². The van der Waals surface area contributed by atoms with Crippen LogP contribution in [-0.4, -0.2) is 8.42 Å². The minimum absolute atomic E-state index is 0. The highest BCUT2D eigenvalue weighted by Gasteiger charge is 2.11. The van der Waals surface area contributed by atoms with E-state index in [1.165, 1.54) is 6.07 Å². The third-order valence-electron chi connectivity index (χ3n) is 2.12. The molecule has 15 heavy (non-hydrogen) atoms. The highest BCUT2D eigenvalue weighted by molar-refractivity contribution is 7.89. The van der Waals surface area contributed by atoms with E-state index in [4.69, 9.17) is 5.14 Å². The zero-order valence-corrected chi connectivity index (χ0v) is 9.44. The van der Waals surface area contributed by atoms with Crippen LogP contribution in [0, 0.1) is 0 Å². The Bertz CT molecular complexity index is 497. The molecule has 6 heteroatoms. The Morgan fingerprint density at radius 3 is 2.73 bits per heavy atom. The van der Waals surface area contributed by atoms with E-state index >= 15 is 0 Å². The van der Waals surface area contributed by atoms with Crippen LogP contribution in [-0.2, 0) is 16.6 Å². The third-order valence-corrected chi connectivity index (χ3v) is 3.03. The van der Waals surface area contributed by atoms with Gasteiger partial charge in [-0.3, -0.25) is 0 Å². The summed E-state index contributed by atoms with van der Waals surface area (Å²) >= 11 is 0. The Morgan fingerprint density at radius 2 is 2.07 bits per heavy atom. The second-order valence-electron chi connectivity index (χ2n) is 3.12. The Hall–Kier alpha value is -1.04. The van der Waals surface area contributed by atoms with Crippen molar-refractivity contribution >= 4 is 28.5 Å². The monoisotopic (exact) mass is 246 g/mol. The smallest absolute Gasteiger partial charge is 0.238 e. The van der Waals surface area contributed by atoms with E-state index in [0.717, 1.165) is 17.7 Å². The van der Waals surface area contributed by atoms with Gasteiger partial charge in [-0.2, -0.15) is 0 Å². The van der Waals surface area contributed by atoms with Crippen LogP contribution in [0.2, 0.25) is 0 Å². The average molecular weight is 247 g/mol. The number of hydrogen-bond donors (Lipinski definition) is 2. The van der Waals surface area contributed by atoms with Crippen LogP contribution in [0.25, 0.3) is 6.08 Å². The molecule has 0 spiro atoms. The van der Waals surface area contributed by atoms with Gasteiger partial charge in [-0.25, -0.2) is 13.6 Å². The molecule has 0 aromatic heterocycles. The molecular formula is C9H11ClN2O2S. The van der Waals surface area contributed by atoms with Gasteiger partial charge >= 0.3 is 0 Å². The fourth-order valence-electron chi connectivity index (χ4n) is 1.38. The van der Waals surface area contributed by atoms with Crippen LogP contribution in [0.1, 0.15) is 11.1 Å². The molecule has 0 saturated heterocycles. The SMILES string of the molecule is Cl.NS(=O)(=O)c1ccc2c(c1)C=CNC2. The molecule has 1 aromatic rings. The largest absolute Gasteiger partial charge is 0.387 e. The molecule has 3 N–H and O–H groups in total. The van der Waals surface area contributed by atoms with Crippen molar-refractivity contribution in [3.05, 3.63) is 35.5 Å². The standard InChI is InChI=1S/C9H10N2O2S.ClH/c10-14(12,13)9-2-1-8-6-11-4-3-7(8)5-9;/h1-5,11H,6H2,(H2,10,12,13);1H. The molecule has 0 fully saturated rings. The number of benzene rings is 1. The van der Waals surface area contributed by atoms with Crippen LogP contribution in [0.15, 0.2) is 29.3 Å². The van der Waals surface area contributed by atoms with E-state index in [1.807, 2.05) is 6.08 Å². The van der Waals surface area contributed by atoms with E-state index in [-0.39, 0.29) is 17.3 Å². The van der Waals surface area contributed by atoms with Gasteiger partial charge in [0.25, 0.3) is 0 Å². The number of nitrogens with one attached hydrogen (secondary N) is 1. The molecule has 0 aliphatic carbocycles. The summed E-state index contributed by atoms with van der Waals surface area (Å²) in [6, 6.07) is 4.88. The third kappa shape index (κ3) is 2.50. The normalized spacial score (nSPS) is 13.7. The van der Waals surface area contributed by atoms with E-state index < -0.39 is 10.0 Å². The quantitative estimate of drug-likeness (QED) is 0.771. The molecule has 4 nitrogen and oxygen atoms in total. The summed E-state index contributed by atoms with van der Waals surface area (Å²) in [5.74, 6) is 0. The lowest BCUT2D eigenvalue weighted by Gasteiger charge is -2.12. The van der Waals surface area contributed by atoms with Crippen molar-refractivity contribution in [2.24, 2.45) is 5.14 Å². The number of hydrogen-bond acceptors (Lipinski definition) is 3. The fraction of sp³-hybridized carbons (Fsp3) is 0.111. The Morgan fingerprint density at radius 1 is 1.33 bits per heavy atom. The number of halogens is 1. The minimum atomic E-state index is -3.59. The lowest BCUT2D eigenvalue weighted by atomic mass is 10.1. The molecule has 82 valence electrons. The number of rotatable bonds is 1. The van der Waals surface area contributed by atoms with Crippen molar-refractivity contribution in [1.82, 2.24) is 5.32 Å². The van der Waals surface area contributed by atoms with Gasteiger partial charge in [0.2, 0.25) is 10.0 Å². The molecule has 2 rings (SSSR count). The number of sulfonamides is 1. The van der Waals surface area contributed by atoms with Crippen LogP contribution >= 0.6 is 12.4 Å². The van der Waals surface area contributed by atoms with Crippen LogP contribution in [0.3, 0.4) is 0 Å². The molecule has 0 amide bonds. The predicted octanol–water partition coefficient (Wildman–Crippen LogP) is 0.830. The van der Waals surface area contributed by atoms with Gasteiger partial charge in [-0.05, 0) is 35.5 Å². The fourth-order valence-corrected chi connectivity index (χ4v) is 1.93. The van der Waals surface area contributed by atoms with E-state index in [0.29, 0.717) is 0 Å². The van der Waals surface area contributed by atoms with E-state index in [9.17, 15) is 8.42 Å². The molecular weight excluding hydrogens is 236 g/mol. The summed E-state index contributed by atoms with van der Waals surface area (Å²) in [6.07, 6.45) is 3.61. The van der Waals surface area contributed by atoms with Gasteiger partial charge < -0.3 is 5.32 Å². The summed E-state index contributed by atoms with van der Waals surface area (Å²) in [7, 11) is -3.59. The molecule has 1 aliphatic heterocycles. The van der Waals surface area contributed by atoms with Gasteiger partial charge in [0, 0.05) is 6.54 Å². The van der Waals surface area contributed by atoms with Crippen molar-refractivity contribution in [3.63, 3.8) is 0 Å². The highest BCUT2D eigenvalue weighted by atomic mass is 35.5. The Kier molecular flexibility index (Phi) is 3.38. The molecule has 0 saturated carbocycles. The van der Waals surface area contributed by atoms with Crippen molar-refractivity contribution in [2.45, 2.75) is 11.4 Å². The summed E-state index contributed by atoms with van der Waals surface area (Å²) < 4.78 is 22.1. The van der Waals surface area contributed by atoms with Crippen molar-refractivity contribution in [3.8, 4) is 0 Å². The first-order chi connectivity index (χ1) is 6.57. The summed E-state index contributed by atoms with van der Waals surface area (Å²) in [4.78, 5) is 0.155. The molecule has 0 unspecified atom stereocenters. The van der Waals surface area contributed by atoms with E-state index in [1.54, 1.807) is 18.3 Å². The zero-order valence-electron chi connectivity index (χ0n) is 7.80. The van der Waals surface area contributed by atoms with Gasteiger partial charge in [-0.15, -0.1) is 12.4 Å². The average Bonchev–Trinajstić information content (AvgIpc) is 2.16. The Balaban J connectivity index is 0.00000112. The summed E-state index contributed by atoms with van der Waals surface area (Å²) in [6.45, 7) is 0.719. The second kappa shape index (κ2) is 4.22. The Labute approximate surface area is 94.6 Å². The molecule has 0 atom stereocenters. The highest BCUT2D eigenvalue weighted by Crippen LogP contribution is 2.18. The molecule has 0 bridgehead atoms. The van der Waals surface area contributed by atoms with Crippen LogP contribution < -0.4 is 10.5 Å². The maximum Gasteiger partial charge on any atom is 0.238 e. The maximum atomic E-state index is 11.1. The lowest BCUT2D eigenvalue weighted by Crippen LogP contribution is -2.14. The number of nitrogens with two attached hydrogens (primary N) is 1. The zero-order chi connectivity index (χ0) is 10.2. The second-order valence-corrected chi connectivity index (χ2v) is 4.68. The first-order valence-electron chi connectivity index (χ1n) is 4.13. The predicted molar refractivity (Wildman–Crippen MR) is 60.9 cm³/mol. The molecule has 1 aromatic carbocycles. The van der Waals surface area contributed by atoms with Gasteiger partial charge in [0.05, 0.1) is 4.90 Å². The van der Waals surface area contributed by atoms with Gasteiger partial charge in [-0.1, -0.05) is 6.07 Å². The van der Waals surface area contributed by atoms with Crippen LogP contribution in [0.5, 0.6) is 0 Å². The summed E-state index contributed by atoms with van der Waals surface area (Å²) in [5, 5.41) is 8.06. The maximum absolute atomic E-state index is 11.1.